The molecule has 7 heteroatoms. The second kappa shape index (κ2) is 8.45. The van der Waals surface area contributed by atoms with Crippen molar-refractivity contribution in [2.24, 2.45) is 0 Å². The maximum absolute atomic E-state index is 12.0. The first-order valence-corrected chi connectivity index (χ1v) is 9.66. The van der Waals surface area contributed by atoms with Gasteiger partial charge in [-0.25, -0.2) is 4.98 Å². The summed E-state index contributed by atoms with van der Waals surface area (Å²) in [7, 11) is 0. The Labute approximate surface area is 155 Å². The lowest BCUT2D eigenvalue weighted by Gasteiger charge is -2.19. The lowest BCUT2D eigenvalue weighted by molar-refractivity contribution is -0.115. The monoisotopic (exact) mass is 377 g/mol. The van der Waals surface area contributed by atoms with Crippen LogP contribution in [0.25, 0.3) is 0 Å². The molecule has 1 aromatic carbocycles. The van der Waals surface area contributed by atoms with Crippen molar-refractivity contribution in [3.63, 3.8) is 0 Å². The first kappa shape index (κ1) is 17.9. The van der Waals surface area contributed by atoms with Crippen molar-refractivity contribution in [2.45, 2.75) is 38.0 Å². The van der Waals surface area contributed by atoms with Crippen LogP contribution in [-0.2, 0) is 4.79 Å². The Morgan fingerprint density at radius 1 is 1.16 bits per heavy atom. The zero-order valence-corrected chi connectivity index (χ0v) is 15.3. The van der Waals surface area contributed by atoms with E-state index in [9.17, 15) is 9.59 Å². The largest absolute Gasteiger partial charge is 0.343 e. The van der Waals surface area contributed by atoms with Crippen LogP contribution < -0.4 is 10.6 Å². The van der Waals surface area contributed by atoms with E-state index in [1.807, 2.05) is 5.38 Å². The number of thiazole rings is 1. The van der Waals surface area contributed by atoms with Crippen molar-refractivity contribution in [3.8, 4) is 0 Å². The molecule has 0 atom stereocenters. The van der Waals surface area contributed by atoms with E-state index < -0.39 is 0 Å². The van der Waals surface area contributed by atoms with E-state index >= 15 is 0 Å². The fourth-order valence-corrected chi connectivity index (χ4v) is 3.89. The maximum atomic E-state index is 12.0. The molecule has 0 unspecified atom stereocenters. The molecular weight excluding hydrogens is 358 g/mol. The predicted molar refractivity (Wildman–Crippen MR) is 100 cm³/mol. The Morgan fingerprint density at radius 3 is 2.60 bits per heavy atom. The number of nitrogens with one attached hydrogen (secondary N) is 2. The summed E-state index contributed by atoms with van der Waals surface area (Å²) < 4.78 is 0. The van der Waals surface area contributed by atoms with E-state index in [4.69, 9.17) is 11.6 Å². The molecule has 2 amide bonds. The Morgan fingerprint density at radius 2 is 1.88 bits per heavy atom. The molecule has 0 spiro atoms. The summed E-state index contributed by atoms with van der Waals surface area (Å²) in [5.74, 6) is -0.0824. The quantitative estimate of drug-likeness (QED) is 0.819. The third-order valence-electron chi connectivity index (χ3n) is 4.31. The Kier molecular flexibility index (Phi) is 6.04. The van der Waals surface area contributed by atoms with Gasteiger partial charge in [0.1, 0.15) is 0 Å². The molecule has 3 rings (SSSR count). The number of amides is 2. The van der Waals surface area contributed by atoms with Gasteiger partial charge in [-0.05, 0) is 37.1 Å². The first-order valence-electron chi connectivity index (χ1n) is 8.41. The van der Waals surface area contributed by atoms with Crippen LogP contribution in [0.2, 0.25) is 5.02 Å². The summed E-state index contributed by atoms with van der Waals surface area (Å²) in [6, 6.07) is 6.51. The summed E-state index contributed by atoms with van der Waals surface area (Å²) in [5.41, 5.74) is 1.54. The van der Waals surface area contributed by atoms with Crippen molar-refractivity contribution in [1.29, 1.82) is 0 Å². The zero-order valence-electron chi connectivity index (χ0n) is 13.8. The minimum Gasteiger partial charge on any atom is -0.343 e. The normalized spacial score (nSPS) is 14.9. The molecule has 25 heavy (non-hydrogen) atoms. The summed E-state index contributed by atoms with van der Waals surface area (Å²) in [5, 5.41) is 8.52. The molecule has 0 bridgehead atoms. The van der Waals surface area contributed by atoms with E-state index in [1.54, 1.807) is 24.3 Å². The molecular formula is C18H20ClN3O2S. The standard InChI is InChI=1S/C18H20ClN3O2S/c19-14-8-6-13(7-9-14)17(24)20-10-16(23)22-18-21-15(11-25-18)12-4-2-1-3-5-12/h6-9,11-12H,1-5,10H2,(H,20,24)(H,21,22,23). The average molecular weight is 378 g/mol. The molecule has 1 aliphatic carbocycles. The van der Waals surface area contributed by atoms with Crippen LogP contribution in [-0.4, -0.2) is 23.3 Å². The number of aromatic nitrogens is 1. The van der Waals surface area contributed by atoms with E-state index in [-0.39, 0.29) is 18.4 Å². The Balaban J connectivity index is 1.48. The van der Waals surface area contributed by atoms with Crippen molar-refractivity contribution < 1.29 is 9.59 Å². The summed E-state index contributed by atoms with van der Waals surface area (Å²) in [6.07, 6.45) is 6.15. The van der Waals surface area contributed by atoms with E-state index in [2.05, 4.69) is 15.6 Å². The molecule has 2 aromatic rings. The maximum Gasteiger partial charge on any atom is 0.251 e. The Hall–Kier alpha value is -1.92. The van der Waals surface area contributed by atoms with Gasteiger partial charge < -0.3 is 10.6 Å². The number of hydrogen-bond donors (Lipinski definition) is 2. The van der Waals surface area contributed by atoms with Gasteiger partial charge in [0.2, 0.25) is 5.91 Å². The van der Waals surface area contributed by atoms with Gasteiger partial charge in [-0.15, -0.1) is 11.3 Å². The summed E-state index contributed by atoms with van der Waals surface area (Å²) in [4.78, 5) is 28.5. The predicted octanol–water partition coefficient (Wildman–Crippen LogP) is 4.21. The van der Waals surface area contributed by atoms with Crippen molar-refractivity contribution in [1.82, 2.24) is 10.3 Å². The number of benzene rings is 1. The van der Waals surface area contributed by atoms with E-state index in [1.165, 1.54) is 43.4 Å². The molecule has 0 radical (unpaired) electrons. The van der Waals surface area contributed by atoms with Crippen molar-refractivity contribution in [2.75, 3.05) is 11.9 Å². The molecule has 0 saturated heterocycles. The summed E-state index contributed by atoms with van der Waals surface area (Å²) >= 11 is 7.22. The minimum atomic E-state index is -0.311. The third kappa shape index (κ3) is 5.03. The van der Waals surface area contributed by atoms with Gasteiger partial charge in [-0.2, -0.15) is 0 Å². The first-order chi connectivity index (χ1) is 12.1. The van der Waals surface area contributed by atoms with Gasteiger partial charge >= 0.3 is 0 Å². The molecule has 1 saturated carbocycles. The van der Waals surface area contributed by atoms with Crippen LogP contribution in [0, 0.1) is 0 Å². The van der Waals surface area contributed by atoms with Gasteiger partial charge in [0, 0.05) is 21.9 Å². The van der Waals surface area contributed by atoms with E-state index in [0.717, 1.165) is 5.69 Å². The van der Waals surface area contributed by atoms with Crippen LogP contribution >= 0.6 is 22.9 Å². The summed E-state index contributed by atoms with van der Waals surface area (Å²) in [6.45, 7) is -0.0974. The molecule has 132 valence electrons. The van der Waals surface area contributed by atoms with Crippen LogP contribution in [0.3, 0.4) is 0 Å². The minimum absolute atomic E-state index is 0.0974. The number of rotatable bonds is 5. The second-order valence-corrected chi connectivity index (χ2v) is 7.44. The lowest BCUT2D eigenvalue weighted by atomic mass is 9.87. The van der Waals surface area contributed by atoms with Crippen LogP contribution in [0.15, 0.2) is 29.6 Å². The second-order valence-electron chi connectivity index (χ2n) is 6.15. The fraction of sp³-hybridized carbons (Fsp3) is 0.389. The molecule has 1 aliphatic rings. The van der Waals surface area contributed by atoms with Gasteiger partial charge in [0.05, 0.1) is 12.2 Å². The highest BCUT2D eigenvalue weighted by atomic mass is 35.5. The topological polar surface area (TPSA) is 71.1 Å². The van der Waals surface area contributed by atoms with Crippen molar-refractivity contribution in [3.05, 3.63) is 45.9 Å². The van der Waals surface area contributed by atoms with Crippen LogP contribution in [0.1, 0.15) is 54.1 Å². The van der Waals surface area contributed by atoms with Gasteiger partial charge in [-0.3, -0.25) is 9.59 Å². The number of carbonyl (C=O) groups excluding carboxylic acids is 2. The number of nitrogens with zero attached hydrogens (tertiary/aromatic N) is 1. The number of halogens is 1. The SMILES string of the molecule is O=C(CNC(=O)c1ccc(Cl)cc1)Nc1nc(C2CCCCC2)cs1. The van der Waals surface area contributed by atoms with Gasteiger partial charge in [-0.1, -0.05) is 30.9 Å². The highest BCUT2D eigenvalue weighted by Gasteiger charge is 2.18. The molecule has 5 nitrogen and oxygen atoms in total. The fourth-order valence-electron chi connectivity index (χ4n) is 2.96. The zero-order chi connectivity index (χ0) is 17.6. The lowest BCUT2D eigenvalue weighted by Crippen LogP contribution is -2.32. The number of anilines is 1. The number of carbonyl (C=O) groups is 2. The smallest absolute Gasteiger partial charge is 0.251 e. The third-order valence-corrected chi connectivity index (χ3v) is 5.34. The van der Waals surface area contributed by atoms with E-state index in [0.29, 0.717) is 21.6 Å². The molecule has 1 aromatic heterocycles. The highest BCUT2D eigenvalue weighted by molar-refractivity contribution is 7.13. The van der Waals surface area contributed by atoms with Crippen molar-refractivity contribution >= 4 is 39.9 Å². The average Bonchev–Trinajstić information content (AvgIpc) is 3.09. The van der Waals surface area contributed by atoms with Gasteiger partial charge in [0.15, 0.2) is 5.13 Å². The van der Waals surface area contributed by atoms with Crippen LogP contribution in [0.5, 0.6) is 0 Å². The molecule has 1 fully saturated rings. The number of hydrogen-bond acceptors (Lipinski definition) is 4. The molecule has 2 N–H and O–H groups in total. The highest BCUT2D eigenvalue weighted by Crippen LogP contribution is 2.33. The Bertz CT molecular complexity index is 739. The van der Waals surface area contributed by atoms with Gasteiger partial charge in [0.25, 0.3) is 5.91 Å². The van der Waals surface area contributed by atoms with Crippen LogP contribution in [0.4, 0.5) is 5.13 Å². The molecule has 1 heterocycles. The molecule has 0 aliphatic heterocycles.